The zero-order chi connectivity index (χ0) is 23.7. The third kappa shape index (κ3) is 5.07. The normalized spacial score (nSPS) is 52.7. The standard InChI is InChI=1S/C17H30O15/c18-1-5-8(22)10(24)14(32-16-11(25)7(21)4(20)3-28-16)17(30-5)31-13-9(23)6(2-19)29-15(27)12(13)26/h4-27H,1-3H2/t4-,5-,6-,7+,8-,9-,10+,11-,12+,13+,14+,15?,16+,17-/m1/s1. The van der Waals surface area contributed by atoms with Crippen LogP contribution in [-0.2, 0) is 23.7 Å². The molecule has 10 N–H and O–H groups in total. The summed E-state index contributed by atoms with van der Waals surface area (Å²) in [6.07, 6.45) is -23.0. The van der Waals surface area contributed by atoms with Gasteiger partial charge >= 0.3 is 0 Å². The van der Waals surface area contributed by atoms with Gasteiger partial charge in [-0.15, -0.1) is 0 Å². The monoisotopic (exact) mass is 474 g/mol. The van der Waals surface area contributed by atoms with Gasteiger partial charge < -0.3 is 74.7 Å². The lowest BCUT2D eigenvalue weighted by Gasteiger charge is -2.47. The van der Waals surface area contributed by atoms with E-state index in [0.29, 0.717) is 0 Å². The molecule has 3 aliphatic rings. The first-order valence-corrected chi connectivity index (χ1v) is 10.00. The van der Waals surface area contributed by atoms with Crippen molar-refractivity contribution in [2.75, 3.05) is 19.8 Å². The van der Waals surface area contributed by atoms with Gasteiger partial charge in [0.1, 0.15) is 67.1 Å². The molecule has 3 fully saturated rings. The predicted molar refractivity (Wildman–Crippen MR) is 95.2 cm³/mol. The van der Waals surface area contributed by atoms with Gasteiger partial charge in [-0.2, -0.15) is 0 Å². The third-order valence-corrected chi connectivity index (χ3v) is 5.70. The van der Waals surface area contributed by atoms with Crippen molar-refractivity contribution in [1.82, 2.24) is 0 Å². The smallest absolute Gasteiger partial charge is 0.187 e. The van der Waals surface area contributed by atoms with Crippen LogP contribution in [-0.4, -0.2) is 157 Å². The Morgan fingerprint density at radius 2 is 1.19 bits per heavy atom. The van der Waals surface area contributed by atoms with E-state index in [1.54, 1.807) is 0 Å². The SMILES string of the molecule is OC[C@H]1O[C@H](O[C@H]2[C@H](O)[C@@H](CO)OC(O)[C@H]2O)[C@@H](O[C@@H]2OC[C@@H](O)[C@H](O)[C@H]2O)[C@@H](O)[C@@H]1O. The van der Waals surface area contributed by atoms with Crippen LogP contribution < -0.4 is 0 Å². The van der Waals surface area contributed by atoms with Crippen LogP contribution in [0.15, 0.2) is 0 Å². The van der Waals surface area contributed by atoms with E-state index < -0.39 is 106 Å². The third-order valence-electron chi connectivity index (χ3n) is 5.70. The largest absolute Gasteiger partial charge is 0.394 e. The zero-order valence-electron chi connectivity index (χ0n) is 16.7. The Morgan fingerprint density at radius 1 is 0.594 bits per heavy atom. The van der Waals surface area contributed by atoms with Gasteiger partial charge in [-0.1, -0.05) is 0 Å². The van der Waals surface area contributed by atoms with Crippen molar-refractivity contribution in [2.45, 2.75) is 86.0 Å². The van der Waals surface area contributed by atoms with Gasteiger partial charge in [-0.05, 0) is 0 Å². The Labute approximate surface area is 181 Å². The van der Waals surface area contributed by atoms with E-state index in [1.807, 2.05) is 0 Å². The van der Waals surface area contributed by atoms with Crippen LogP contribution in [0.2, 0.25) is 0 Å². The van der Waals surface area contributed by atoms with Crippen LogP contribution in [0, 0.1) is 0 Å². The maximum atomic E-state index is 10.5. The minimum absolute atomic E-state index is 0.429. The lowest BCUT2D eigenvalue weighted by Crippen LogP contribution is -2.66. The lowest BCUT2D eigenvalue weighted by molar-refractivity contribution is -0.381. The topological polar surface area (TPSA) is 248 Å². The minimum atomic E-state index is -1.85. The molecule has 188 valence electrons. The van der Waals surface area contributed by atoms with E-state index in [4.69, 9.17) is 23.7 Å². The second kappa shape index (κ2) is 10.8. The van der Waals surface area contributed by atoms with Crippen molar-refractivity contribution in [1.29, 1.82) is 0 Å². The molecule has 0 spiro atoms. The van der Waals surface area contributed by atoms with Crippen molar-refractivity contribution in [3.8, 4) is 0 Å². The predicted octanol–water partition coefficient (Wildman–Crippen LogP) is -6.93. The summed E-state index contributed by atoms with van der Waals surface area (Å²) in [5.74, 6) is 0. The molecule has 1 unspecified atom stereocenters. The summed E-state index contributed by atoms with van der Waals surface area (Å²) in [6, 6.07) is 0. The Balaban J connectivity index is 1.81. The highest BCUT2D eigenvalue weighted by atomic mass is 16.8. The molecule has 14 atom stereocenters. The van der Waals surface area contributed by atoms with Gasteiger partial charge in [0, 0.05) is 0 Å². The highest BCUT2D eigenvalue weighted by Gasteiger charge is 2.52. The van der Waals surface area contributed by atoms with Crippen LogP contribution in [0.1, 0.15) is 0 Å². The van der Waals surface area contributed by atoms with Gasteiger partial charge in [0.25, 0.3) is 0 Å². The van der Waals surface area contributed by atoms with E-state index in [2.05, 4.69) is 0 Å². The van der Waals surface area contributed by atoms with Crippen molar-refractivity contribution >= 4 is 0 Å². The molecule has 0 amide bonds. The minimum Gasteiger partial charge on any atom is -0.394 e. The molecule has 15 heteroatoms. The highest BCUT2D eigenvalue weighted by molar-refractivity contribution is 4.95. The quantitative estimate of drug-likeness (QED) is 0.172. The number of aliphatic hydroxyl groups excluding tert-OH is 10. The van der Waals surface area contributed by atoms with Gasteiger partial charge in [-0.3, -0.25) is 0 Å². The number of hydrogen-bond donors (Lipinski definition) is 10. The second-order valence-electron chi connectivity index (χ2n) is 7.89. The second-order valence-corrected chi connectivity index (χ2v) is 7.89. The molecular formula is C17H30O15. The Hall–Kier alpha value is -0.600. The summed E-state index contributed by atoms with van der Waals surface area (Å²) in [4.78, 5) is 0. The Morgan fingerprint density at radius 3 is 1.81 bits per heavy atom. The molecule has 0 saturated carbocycles. The van der Waals surface area contributed by atoms with Crippen LogP contribution >= 0.6 is 0 Å². The highest BCUT2D eigenvalue weighted by Crippen LogP contribution is 2.31. The van der Waals surface area contributed by atoms with Crippen LogP contribution in [0.4, 0.5) is 0 Å². The molecule has 15 nitrogen and oxygen atoms in total. The number of ether oxygens (including phenoxy) is 5. The average molecular weight is 474 g/mol. The van der Waals surface area contributed by atoms with Gasteiger partial charge in [0.15, 0.2) is 18.9 Å². The maximum Gasteiger partial charge on any atom is 0.187 e. The van der Waals surface area contributed by atoms with Crippen molar-refractivity contribution in [3.05, 3.63) is 0 Å². The molecule has 0 aromatic carbocycles. The molecule has 0 aromatic heterocycles. The number of rotatable bonds is 6. The first-order chi connectivity index (χ1) is 15.1. The summed E-state index contributed by atoms with van der Waals surface area (Å²) < 4.78 is 26.3. The summed E-state index contributed by atoms with van der Waals surface area (Å²) in [7, 11) is 0. The molecule has 32 heavy (non-hydrogen) atoms. The van der Waals surface area contributed by atoms with E-state index >= 15 is 0 Å². The first-order valence-electron chi connectivity index (χ1n) is 10.00. The van der Waals surface area contributed by atoms with E-state index in [9.17, 15) is 51.1 Å². The van der Waals surface area contributed by atoms with Gasteiger partial charge in [0.2, 0.25) is 0 Å². The van der Waals surface area contributed by atoms with Gasteiger partial charge in [0.05, 0.1) is 19.8 Å². The van der Waals surface area contributed by atoms with Crippen LogP contribution in [0.5, 0.6) is 0 Å². The molecule has 0 bridgehead atoms. The Bertz CT molecular complexity index is 596. The molecule has 0 aromatic rings. The summed E-state index contributed by atoms with van der Waals surface area (Å²) in [6.45, 7) is -1.93. The lowest BCUT2D eigenvalue weighted by atomic mass is 9.96. The fourth-order valence-corrected chi connectivity index (χ4v) is 3.75. The summed E-state index contributed by atoms with van der Waals surface area (Å²) in [5, 5.41) is 99.3. The van der Waals surface area contributed by atoms with E-state index in [-0.39, 0.29) is 0 Å². The average Bonchev–Trinajstić information content (AvgIpc) is 2.78. The number of aliphatic hydroxyl groups is 10. The zero-order valence-corrected chi connectivity index (χ0v) is 16.7. The molecule has 3 heterocycles. The van der Waals surface area contributed by atoms with Crippen molar-refractivity contribution in [2.24, 2.45) is 0 Å². The summed E-state index contributed by atoms with van der Waals surface area (Å²) >= 11 is 0. The molecular weight excluding hydrogens is 444 g/mol. The molecule has 3 saturated heterocycles. The fourth-order valence-electron chi connectivity index (χ4n) is 3.75. The first kappa shape index (κ1) is 26.0. The number of hydrogen-bond acceptors (Lipinski definition) is 15. The van der Waals surface area contributed by atoms with Crippen LogP contribution in [0.3, 0.4) is 0 Å². The van der Waals surface area contributed by atoms with Crippen LogP contribution in [0.25, 0.3) is 0 Å². The van der Waals surface area contributed by atoms with E-state index in [1.165, 1.54) is 0 Å². The summed E-state index contributed by atoms with van der Waals surface area (Å²) in [5.41, 5.74) is 0. The molecule has 3 aliphatic heterocycles. The molecule has 0 radical (unpaired) electrons. The Kier molecular flexibility index (Phi) is 8.75. The maximum absolute atomic E-state index is 10.5. The van der Waals surface area contributed by atoms with E-state index in [0.717, 1.165) is 0 Å². The fraction of sp³-hybridized carbons (Fsp3) is 1.00. The van der Waals surface area contributed by atoms with Gasteiger partial charge in [-0.25, -0.2) is 0 Å². The van der Waals surface area contributed by atoms with Crippen molar-refractivity contribution in [3.63, 3.8) is 0 Å². The molecule has 3 rings (SSSR count). The molecule has 0 aliphatic carbocycles. The van der Waals surface area contributed by atoms with Crippen molar-refractivity contribution < 1.29 is 74.7 Å².